The molecule has 1 aromatic heterocycles. The van der Waals surface area contributed by atoms with Gasteiger partial charge in [0, 0.05) is 29.0 Å². The Hall–Kier alpha value is -3.03. The summed E-state index contributed by atoms with van der Waals surface area (Å²) < 4.78 is 1.56. The van der Waals surface area contributed by atoms with Crippen molar-refractivity contribution in [3.8, 4) is 0 Å². The van der Waals surface area contributed by atoms with E-state index in [1.807, 2.05) is 71.6 Å². The molecule has 0 saturated heterocycles. The van der Waals surface area contributed by atoms with Gasteiger partial charge in [0.15, 0.2) is 5.16 Å². The summed E-state index contributed by atoms with van der Waals surface area (Å²) in [4.78, 5) is 34.5. The Bertz CT molecular complexity index is 1320. The van der Waals surface area contributed by atoms with Crippen molar-refractivity contribution in [1.82, 2.24) is 9.55 Å². The molecule has 31 heavy (non-hydrogen) atoms. The Balaban J connectivity index is 1.38. The topological polar surface area (TPSA) is 55.2 Å². The van der Waals surface area contributed by atoms with Crippen molar-refractivity contribution < 1.29 is 4.79 Å². The summed E-state index contributed by atoms with van der Waals surface area (Å²) in [6.07, 6.45) is 0.334. The Morgan fingerprint density at radius 3 is 2.26 bits per heavy atom. The SMILES string of the molecule is Cn1c(SCCC(=O)N2c3ccccc3Sc3ccccc32)nc2ccccc2c1=O. The first kappa shape index (κ1) is 19.9. The predicted octanol–water partition coefficient (Wildman–Crippen LogP) is 5.25. The third kappa shape index (κ3) is 3.64. The van der Waals surface area contributed by atoms with Gasteiger partial charge in [-0.1, -0.05) is 59.9 Å². The van der Waals surface area contributed by atoms with Crippen LogP contribution in [0.5, 0.6) is 0 Å². The normalized spacial score (nSPS) is 12.5. The van der Waals surface area contributed by atoms with Gasteiger partial charge in [-0.05, 0) is 36.4 Å². The van der Waals surface area contributed by atoms with Gasteiger partial charge >= 0.3 is 0 Å². The minimum Gasteiger partial charge on any atom is -0.290 e. The number of rotatable bonds is 4. The molecular formula is C24H19N3O2S2. The fraction of sp³-hybridized carbons (Fsp3) is 0.125. The zero-order chi connectivity index (χ0) is 21.4. The molecular weight excluding hydrogens is 426 g/mol. The van der Waals surface area contributed by atoms with E-state index in [-0.39, 0.29) is 11.5 Å². The van der Waals surface area contributed by atoms with Gasteiger partial charge in [-0.2, -0.15) is 0 Å². The molecule has 0 saturated carbocycles. The highest BCUT2D eigenvalue weighted by molar-refractivity contribution is 7.99. The van der Waals surface area contributed by atoms with Crippen LogP contribution in [0.1, 0.15) is 6.42 Å². The van der Waals surface area contributed by atoms with E-state index in [1.54, 1.807) is 29.4 Å². The smallest absolute Gasteiger partial charge is 0.261 e. The monoisotopic (exact) mass is 445 g/mol. The lowest BCUT2D eigenvalue weighted by Gasteiger charge is -2.31. The predicted molar refractivity (Wildman–Crippen MR) is 126 cm³/mol. The van der Waals surface area contributed by atoms with E-state index in [2.05, 4.69) is 4.98 Å². The molecule has 3 aromatic carbocycles. The van der Waals surface area contributed by atoms with E-state index in [9.17, 15) is 9.59 Å². The number of para-hydroxylation sites is 3. The van der Waals surface area contributed by atoms with Crippen LogP contribution in [-0.4, -0.2) is 21.2 Å². The Labute approximate surface area is 188 Å². The molecule has 154 valence electrons. The molecule has 1 amide bonds. The van der Waals surface area contributed by atoms with E-state index in [4.69, 9.17) is 0 Å². The van der Waals surface area contributed by atoms with Crippen LogP contribution in [0.3, 0.4) is 0 Å². The highest BCUT2D eigenvalue weighted by atomic mass is 32.2. The van der Waals surface area contributed by atoms with Crippen LogP contribution in [0.2, 0.25) is 0 Å². The summed E-state index contributed by atoms with van der Waals surface area (Å²) in [6.45, 7) is 0. The first-order chi connectivity index (χ1) is 15.1. The number of thioether (sulfide) groups is 1. The molecule has 0 atom stereocenters. The van der Waals surface area contributed by atoms with Gasteiger partial charge in [0.25, 0.3) is 5.56 Å². The Morgan fingerprint density at radius 2 is 1.55 bits per heavy atom. The lowest BCUT2D eigenvalue weighted by Crippen LogP contribution is -2.28. The molecule has 2 heterocycles. The van der Waals surface area contributed by atoms with Crippen LogP contribution in [-0.2, 0) is 11.8 Å². The number of anilines is 2. The molecule has 4 aromatic rings. The molecule has 7 heteroatoms. The number of fused-ring (bicyclic) bond motifs is 3. The number of nitrogens with zero attached hydrogens (tertiary/aromatic N) is 3. The maximum atomic E-state index is 13.3. The molecule has 0 fully saturated rings. The van der Waals surface area contributed by atoms with E-state index in [0.29, 0.717) is 28.2 Å². The van der Waals surface area contributed by atoms with Crippen LogP contribution in [0.4, 0.5) is 11.4 Å². The highest BCUT2D eigenvalue weighted by Crippen LogP contribution is 2.48. The fourth-order valence-corrected chi connectivity index (χ4v) is 5.60. The number of amides is 1. The van der Waals surface area contributed by atoms with Crippen molar-refractivity contribution in [1.29, 1.82) is 0 Å². The van der Waals surface area contributed by atoms with Crippen molar-refractivity contribution in [3.05, 3.63) is 83.2 Å². The van der Waals surface area contributed by atoms with Gasteiger partial charge in [-0.15, -0.1) is 0 Å². The second-order valence-corrected chi connectivity index (χ2v) is 9.29. The average Bonchev–Trinajstić information content (AvgIpc) is 2.80. The molecule has 0 spiro atoms. The first-order valence-corrected chi connectivity index (χ1v) is 11.7. The van der Waals surface area contributed by atoms with E-state index < -0.39 is 0 Å². The van der Waals surface area contributed by atoms with Crippen molar-refractivity contribution in [2.75, 3.05) is 10.7 Å². The van der Waals surface area contributed by atoms with Gasteiger partial charge in [0.1, 0.15) is 0 Å². The number of benzene rings is 3. The van der Waals surface area contributed by atoms with E-state index in [0.717, 1.165) is 21.2 Å². The largest absolute Gasteiger partial charge is 0.290 e. The van der Waals surface area contributed by atoms with Crippen molar-refractivity contribution in [2.45, 2.75) is 21.4 Å². The van der Waals surface area contributed by atoms with Crippen LogP contribution in [0.25, 0.3) is 10.9 Å². The molecule has 1 aliphatic rings. The highest BCUT2D eigenvalue weighted by Gasteiger charge is 2.27. The lowest BCUT2D eigenvalue weighted by molar-refractivity contribution is -0.117. The zero-order valence-corrected chi connectivity index (χ0v) is 18.5. The third-order valence-corrected chi connectivity index (χ3v) is 7.33. The third-order valence-electron chi connectivity index (χ3n) is 5.17. The Morgan fingerprint density at radius 1 is 0.935 bits per heavy atom. The number of hydrogen-bond donors (Lipinski definition) is 0. The first-order valence-electron chi connectivity index (χ1n) is 9.91. The summed E-state index contributed by atoms with van der Waals surface area (Å²) in [6, 6.07) is 23.3. The van der Waals surface area contributed by atoms with E-state index in [1.165, 1.54) is 11.8 Å². The summed E-state index contributed by atoms with van der Waals surface area (Å²) in [5.74, 6) is 0.560. The molecule has 1 aliphatic heterocycles. The molecule has 5 nitrogen and oxygen atoms in total. The van der Waals surface area contributed by atoms with Crippen LogP contribution in [0.15, 0.2) is 92.5 Å². The molecule has 0 bridgehead atoms. The molecule has 0 unspecified atom stereocenters. The van der Waals surface area contributed by atoms with Crippen LogP contribution < -0.4 is 10.5 Å². The number of hydrogen-bond acceptors (Lipinski definition) is 5. The fourth-order valence-electron chi connectivity index (χ4n) is 3.64. The van der Waals surface area contributed by atoms with E-state index >= 15 is 0 Å². The maximum Gasteiger partial charge on any atom is 0.261 e. The van der Waals surface area contributed by atoms with Gasteiger partial charge < -0.3 is 0 Å². The quantitative estimate of drug-likeness (QED) is 0.317. The zero-order valence-electron chi connectivity index (χ0n) is 16.8. The molecule has 5 rings (SSSR count). The maximum absolute atomic E-state index is 13.3. The lowest BCUT2D eigenvalue weighted by atomic mass is 10.2. The second-order valence-electron chi connectivity index (χ2n) is 7.14. The van der Waals surface area contributed by atoms with Crippen LogP contribution in [0, 0.1) is 0 Å². The minimum absolute atomic E-state index is 0.0264. The Kier molecular flexibility index (Phi) is 5.29. The van der Waals surface area contributed by atoms with Crippen molar-refractivity contribution in [3.63, 3.8) is 0 Å². The number of aromatic nitrogens is 2. The van der Waals surface area contributed by atoms with Gasteiger partial charge in [-0.3, -0.25) is 19.1 Å². The number of carbonyl (C=O) groups is 1. The summed E-state index contributed by atoms with van der Waals surface area (Å²) >= 11 is 3.11. The van der Waals surface area contributed by atoms with Crippen LogP contribution >= 0.6 is 23.5 Å². The van der Waals surface area contributed by atoms with Crippen molar-refractivity contribution >= 4 is 51.7 Å². The summed E-state index contributed by atoms with van der Waals surface area (Å²) in [5, 5.41) is 1.22. The summed E-state index contributed by atoms with van der Waals surface area (Å²) in [7, 11) is 1.72. The second kappa shape index (κ2) is 8.24. The van der Waals surface area contributed by atoms with Gasteiger partial charge in [0.05, 0.1) is 22.3 Å². The molecule has 0 N–H and O–H groups in total. The van der Waals surface area contributed by atoms with Crippen molar-refractivity contribution in [2.24, 2.45) is 7.05 Å². The summed E-state index contributed by atoms with van der Waals surface area (Å²) in [5.41, 5.74) is 2.43. The molecule has 0 radical (unpaired) electrons. The van der Waals surface area contributed by atoms with Gasteiger partial charge in [0.2, 0.25) is 5.91 Å². The number of carbonyl (C=O) groups excluding carboxylic acids is 1. The van der Waals surface area contributed by atoms with Gasteiger partial charge in [-0.25, -0.2) is 4.98 Å². The molecule has 0 aliphatic carbocycles. The minimum atomic E-state index is -0.0738. The standard InChI is InChI=1S/C24H19N3O2S2/c1-26-23(29)16-8-2-3-9-17(16)25-24(26)30-15-14-22(28)27-18-10-4-6-12-20(18)31-21-13-7-5-11-19(21)27/h2-13H,14-15H2,1H3. The average molecular weight is 446 g/mol.